The Morgan fingerprint density at radius 3 is 2.67 bits per heavy atom. The summed E-state index contributed by atoms with van der Waals surface area (Å²) in [5.41, 5.74) is 9.26. The monoisotopic (exact) mass is 683 g/mol. The molecule has 0 aliphatic carbocycles. The number of anilines is 3. The number of nitrogen functional groups attached to an aromatic ring is 2. The average molecular weight is 684 g/mol. The van der Waals surface area contributed by atoms with Crippen molar-refractivity contribution < 1.29 is 36.2 Å². The number of hydrogen-bond acceptors (Lipinski definition) is 11. The van der Waals surface area contributed by atoms with Crippen LogP contribution in [-0.2, 0) is 10.9 Å². The molecule has 2 aromatic carbocycles. The molecule has 0 radical (unpaired) electrons. The van der Waals surface area contributed by atoms with E-state index in [1.165, 1.54) is 13.3 Å². The second kappa shape index (κ2) is 11.9. The lowest BCUT2D eigenvalue weighted by Crippen LogP contribution is -2.34. The van der Waals surface area contributed by atoms with Crippen molar-refractivity contribution in [2.75, 3.05) is 49.8 Å². The molecule has 2 aliphatic rings. The predicted molar refractivity (Wildman–Crippen MR) is 169 cm³/mol. The van der Waals surface area contributed by atoms with E-state index in [4.69, 9.17) is 25.7 Å². The van der Waals surface area contributed by atoms with Crippen LogP contribution in [0.4, 0.5) is 38.6 Å². The number of thiophene rings is 1. The summed E-state index contributed by atoms with van der Waals surface area (Å²) >= 11 is 0.679. The number of rotatable bonds is 6. The molecule has 0 spiro atoms. The number of pyridine rings is 1. The summed E-state index contributed by atoms with van der Waals surface area (Å²) in [7, 11) is 1.25. The van der Waals surface area contributed by atoms with Gasteiger partial charge in [-0.2, -0.15) is 28.4 Å². The van der Waals surface area contributed by atoms with Crippen molar-refractivity contribution in [2.24, 2.45) is 5.92 Å². The summed E-state index contributed by atoms with van der Waals surface area (Å²) in [6, 6.07) is 6.29. The van der Waals surface area contributed by atoms with Crippen LogP contribution in [-0.4, -0.2) is 48.4 Å². The van der Waals surface area contributed by atoms with Gasteiger partial charge in [-0.05, 0) is 36.5 Å². The molecule has 16 heteroatoms. The number of benzene rings is 2. The van der Waals surface area contributed by atoms with Crippen molar-refractivity contribution in [1.29, 1.82) is 5.26 Å². The Hall–Kier alpha value is -5.01. The maximum Gasteiger partial charge on any atom is 0.420 e. The zero-order valence-electron chi connectivity index (χ0n) is 25.2. The van der Waals surface area contributed by atoms with E-state index in [1.807, 2.05) is 6.07 Å². The molecule has 1 saturated heterocycles. The summed E-state index contributed by atoms with van der Waals surface area (Å²) in [6.07, 6.45) is -2.45. The van der Waals surface area contributed by atoms with Gasteiger partial charge in [-0.25, -0.2) is 13.8 Å². The number of nitrogens with zero attached hydrogens (tertiary/aromatic N) is 5. The van der Waals surface area contributed by atoms with Gasteiger partial charge in [-0.3, -0.25) is 0 Å². The number of methoxy groups -OCH3 is 1. The molecule has 1 fully saturated rings. The highest BCUT2D eigenvalue weighted by Crippen LogP contribution is 2.54. The first-order chi connectivity index (χ1) is 23.0. The Kier molecular flexibility index (Phi) is 7.83. The van der Waals surface area contributed by atoms with Crippen molar-refractivity contribution >= 4 is 49.0 Å². The van der Waals surface area contributed by atoms with Gasteiger partial charge in [0.15, 0.2) is 5.82 Å². The van der Waals surface area contributed by atoms with Crippen molar-refractivity contribution in [3.05, 3.63) is 58.8 Å². The van der Waals surface area contributed by atoms with E-state index < -0.39 is 51.8 Å². The molecule has 0 saturated carbocycles. The predicted octanol–water partition coefficient (Wildman–Crippen LogP) is 6.61. The Morgan fingerprint density at radius 1 is 1.17 bits per heavy atom. The van der Waals surface area contributed by atoms with E-state index in [9.17, 15) is 9.65 Å². The minimum atomic E-state index is -5.20. The van der Waals surface area contributed by atoms with Gasteiger partial charge in [0, 0.05) is 35.9 Å². The Labute approximate surface area is 273 Å². The zero-order chi connectivity index (χ0) is 33.9. The third kappa shape index (κ3) is 5.04. The number of hydrogen-bond donors (Lipinski definition) is 2. The molecule has 3 aromatic heterocycles. The van der Waals surface area contributed by atoms with E-state index in [0.29, 0.717) is 36.5 Å². The quantitative estimate of drug-likeness (QED) is 0.188. The fourth-order valence-electron chi connectivity index (χ4n) is 6.61. The van der Waals surface area contributed by atoms with Crippen LogP contribution in [0.15, 0.2) is 30.5 Å². The molecule has 4 N–H and O–H groups in total. The molecule has 2 aliphatic heterocycles. The summed E-state index contributed by atoms with van der Waals surface area (Å²) in [6.45, 7) is 0.777. The summed E-state index contributed by atoms with van der Waals surface area (Å²) in [4.78, 5) is 14.6. The van der Waals surface area contributed by atoms with Crippen LogP contribution in [0.5, 0.6) is 11.8 Å². The number of halogens is 5. The highest BCUT2D eigenvalue weighted by molar-refractivity contribution is 7.23. The number of alkyl halides is 3. The van der Waals surface area contributed by atoms with E-state index in [1.54, 1.807) is 17.0 Å². The zero-order valence-corrected chi connectivity index (χ0v) is 26.0. The van der Waals surface area contributed by atoms with Crippen molar-refractivity contribution in [3.63, 3.8) is 0 Å². The average Bonchev–Trinajstić information content (AvgIpc) is 3.65. The Balaban J connectivity index is 1.57. The summed E-state index contributed by atoms with van der Waals surface area (Å²) in [5.74, 6) is -2.70. The molecule has 5 heterocycles. The normalized spacial score (nSPS) is 16.9. The summed E-state index contributed by atoms with van der Waals surface area (Å²) in [5, 5.41) is 9.13. The first-order valence-corrected chi connectivity index (χ1v) is 15.6. The molecular weight excluding hydrogens is 657 g/mol. The van der Waals surface area contributed by atoms with E-state index in [-0.39, 0.29) is 62.8 Å². The highest BCUT2D eigenvalue weighted by atomic mass is 32.1. The lowest BCUT2D eigenvalue weighted by molar-refractivity contribution is -0.138. The van der Waals surface area contributed by atoms with E-state index in [0.717, 1.165) is 18.6 Å². The number of aromatic nitrogens is 3. The largest absolute Gasteiger partial charge is 0.490 e. The minimum absolute atomic E-state index is 0.0191. The van der Waals surface area contributed by atoms with Gasteiger partial charge in [-0.1, -0.05) is 12.1 Å². The smallest absolute Gasteiger partial charge is 0.420 e. The first kappa shape index (κ1) is 31.6. The molecule has 2 atom stereocenters. The van der Waals surface area contributed by atoms with Gasteiger partial charge in [-0.15, -0.1) is 11.3 Å². The van der Waals surface area contributed by atoms with Gasteiger partial charge in [0.1, 0.15) is 52.0 Å². The topological polar surface area (TPSA) is 145 Å². The van der Waals surface area contributed by atoms with Crippen LogP contribution in [0.25, 0.3) is 32.1 Å². The maximum absolute atomic E-state index is 17.1. The minimum Gasteiger partial charge on any atom is -0.490 e. The lowest BCUT2D eigenvalue weighted by atomic mass is 9.91. The highest BCUT2D eigenvalue weighted by Gasteiger charge is 2.44. The second-order valence-corrected chi connectivity index (χ2v) is 12.5. The third-order valence-electron chi connectivity index (χ3n) is 8.70. The third-order valence-corrected chi connectivity index (χ3v) is 9.73. The molecule has 0 amide bonds. The van der Waals surface area contributed by atoms with Crippen molar-refractivity contribution in [2.45, 2.75) is 25.1 Å². The standard InChI is InChI=1S/C32H26F5N7O3S/c1-45-31-42-25-22-26(23(32(35,36)37)21(24(25)34)16-4-5-18(33)27-20(16)17(12-38)29(40)48-27)47-10-8-44(30(22)43-31)19(11-14-6-9-46-13-14)15-3-2-7-41-28(15)39/h2-5,7,14,19H,6,8-11,13,40H2,1H3,(H2,39,41). The number of nitriles is 1. The molecule has 7 rings (SSSR count). The Morgan fingerprint density at radius 2 is 1.98 bits per heavy atom. The van der Waals surface area contributed by atoms with Crippen LogP contribution in [0.2, 0.25) is 0 Å². The molecule has 10 nitrogen and oxygen atoms in total. The SMILES string of the molecule is COc1nc2c3c(c(C(F)(F)F)c(-c4ccc(F)c5sc(N)c(C#N)c45)c(F)c3n1)OCCN2C(CC1CCOC1)c1cccnc1N. The van der Waals surface area contributed by atoms with Gasteiger partial charge >= 0.3 is 12.2 Å². The van der Waals surface area contributed by atoms with Crippen LogP contribution in [0.1, 0.15) is 35.6 Å². The lowest BCUT2D eigenvalue weighted by Gasteiger charge is -2.34. The number of ether oxygens (including phenoxy) is 3. The van der Waals surface area contributed by atoms with E-state index in [2.05, 4.69) is 15.0 Å². The number of fused-ring (bicyclic) bond motifs is 1. The maximum atomic E-state index is 17.1. The molecule has 248 valence electrons. The van der Waals surface area contributed by atoms with Crippen LogP contribution in [0, 0.1) is 28.9 Å². The molecule has 2 unspecified atom stereocenters. The molecular formula is C32H26F5N7O3S. The Bertz CT molecular complexity index is 2130. The summed E-state index contributed by atoms with van der Waals surface area (Å²) < 4.78 is 94.6. The second-order valence-electron chi connectivity index (χ2n) is 11.4. The van der Waals surface area contributed by atoms with E-state index >= 15 is 17.6 Å². The first-order valence-electron chi connectivity index (χ1n) is 14.8. The van der Waals surface area contributed by atoms with Gasteiger partial charge in [0.25, 0.3) is 0 Å². The fraction of sp³-hybridized carbons (Fsp3) is 0.312. The fourth-order valence-corrected chi connectivity index (χ4v) is 7.56. The van der Waals surface area contributed by atoms with Crippen LogP contribution in [0.3, 0.4) is 0 Å². The van der Waals surface area contributed by atoms with Gasteiger partial charge in [0.05, 0.1) is 35.3 Å². The van der Waals surface area contributed by atoms with Crippen molar-refractivity contribution in [1.82, 2.24) is 15.0 Å². The van der Waals surface area contributed by atoms with Gasteiger partial charge < -0.3 is 30.6 Å². The van der Waals surface area contributed by atoms with Crippen LogP contribution < -0.4 is 25.8 Å². The molecule has 48 heavy (non-hydrogen) atoms. The van der Waals surface area contributed by atoms with Crippen LogP contribution >= 0.6 is 11.3 Å². The molecule has 0 bridgehead atoms. The van der Waals surface area contributed by atoms with Gasteiger partial charge in [0.2, 0.25) is 0 Å². The number of nitrogens with two attached hydrogens (primary N) is 2. The van der Waals surface area contributed by atoms with Crippen molar-refractivity contribution in [3.8, 4) is 29.0 Å². The molecule has 5 aromatic rings.